The molecule has 6 aromatic heterocycles. The molecule has 2 N–H and O–H groups in total. The molecular weight excluding hydrogens is 730 g/mol. The zero-order valence-electron chi connectivity index (χ0n) is 28.8. The lowest BCUT2D eigenvalue weighted by Crippen LogP contribution is -2.14. The van der Waals surface area contributed by atoms with Crippen LogP contribution in [0.2, 0.25) is 0 Å². The first-order valence-corrected chi connectivity index (χ1v) is 17.0. The van der Waals surface area contributed by atoms with Crippen molar-refractivity contribution < 1.29 is 35.9 Å². The molecule has 6 aromatic rings. The van der Waals surface area contributed by atoms with Crippen molar-refractivity contribution in [2.45, 2.75) is 56.8 Å². The van der Waals surface area contributed by atoms with Crippen molar-refractivity contribution in [3.8, 4) is 11.6 Å². The first-order chi connectivity index (χ1) is 26.2. The van der Waals surface area contributed by atoms with Crippen LogP contribution in [0, 0.1) is 6.92 Å². The number of amides is 2. The van der Waals surface area contributed by atoms with Gasteiger partial charge in [-0.1, -0.05) is 0 Å². The summed E-state index contributed by atoms with van der Waals surface area (Å²) in [6.07, 6.45) is 1.69. The number of halogens is 6. The molecule has 8 rings (SSSR count). The van der Waals surface area contributed by atoms with Crippen LogP contribution < -0.4 is 10.6 Å². The van der Waals surface area contributed by atoms with E-state index in [1.807, 2.05) is 0 Å². The van der Waals surface area contributed by atoms with Crippen LogP contribution in [-0.2, 0) is 12.4 Å². The van der Waals surface area contributed by atoms with Gasteiger partial charge in [-0.05, 0) is 93.3 Å². The molecule has 0 aliphatic heterocycles. The van der Waals surface area contributed by atoms with E-state index >= 15 is 0 Å². The maximum Gasteiger partial charge on any atom is 0.435 e. The first kappa shape index (κ1) is 36.9. The molecular formula is C37H30F6N10O2. The molecule has 0 bridgehead atoms. The Labute approximate surface area is 308 Å². The van der Waals surface area contributed by atoms with E-state index in [-0.39, 0.29) is 35.3 Å². The predicted octanol–water partition coefficient (Wildman–Crippen LogP) is 7.93. The van der Waals surface area contributed by atoms with Crippen LogP contribution in [0.25, 0.3) is 11.6 Å². The van der Waals surface area contributed by atoms with Gasteiger partial charge in [0.15, 0.2) is 23.0 Å². The summed E-state index contributed by atoms with van der Waals surface area (Å²) in [5, 5.41) is 12.8. The number of pyridine rings is 4. The maximum atomic E-state index is 13.0. The van der Waals surface area contributed by atoms with Gasteiger partial charge in [0.1, 0.15) is 0 Å². The molecule has 2 aliphatic rings. The van der Waals surface area contributed by atoms with Gasteiger partial charge in [0.25, 0.3) is 11.8 Å². The quantitative estimate of drug-likeness (QED) is 0.149. The van der Waals surface area contributed by atoms with E-state index in [4.69, 9.17) is 0 Å². The second-order valence-corrected chi connectivity index (χ2v) is 12.9. The van der Waals surface area contributed by atoms with Crippen LogP contribution in [0.4, 0.5) is 37.7 Å². The number of nitrogens with one attached hydrogen (secondary N) is 2. The van der Waals surface area contributed by atoms with Gasteiger partial charge in [-0.2, -0.15) is 36.5 Å². The SMILES string of the molecule is Cc1ncccc1C(=O)Nc1ccc(-n2nc(C(F)(F)F)cc2C2CC2)nc1.O=C(Nc1ccc(-n2nc(C(F)(F)F)cc2C2CC2)nc1)c1cccnc1. The molecule has 2 amide bonds. The molecule has 0 unspecified atom stereocenters. The summed E-state index contributed by atoms with van der Waals surface area (Å²) in [7, 11) is 0. The van der Waals surface area contributed by atoms with Crippen molar-refractivity contribution in [1.29, 1.82) is 0 Å². The molecule has 12 nitrogen and oxygen atoms in total. The van der Waals surface area contributed by atoms with Crippen LogP contribution in [0.1, 0.15) is 86.7 Å². The lowest BCUT2D eigenvalue weighted by molar-refractivity contribution is -0.142. The van der Waals surface area contributed by atoms with Gasteiger partial charge in [-0.25, -0.2) is 19.3 Å². The van der Waals surface area contributed by atoms with E-state index in [1.54, 1.807) is 55.7 Å². The van der Waals surface area contributed by atoms with Crippen molar-refractivity contribution in [2.75, 3.05) is 10.6 Å². The Balaban J connectivity index is 0.000000169. The summed E-state index contributed by atoms with van der Waals surface area (Å²) in [5.74, 6) is -0.00883. The van der Waals surface area contributed by atoms with Gasteiger partial charge in [-0.3, -0.25) is 19.6 Å². The lowest BCUT2D eigenvalue weighted by Gasteiger charge is -2.09. The molecule has 55 heavy (non-hydrogen) atoms. The summed E-state index contributed by atoms with van der Waals surface area (Å²) >= 11 is 0. The van der Waals surface area contributed by atoms with Crippen molar-refractivity contribution in [3.63, 3.8) is 0 Å². The molecule has 2 fully saturated rings. The number of rotatable bonds is 8. The lowest BCUT2D eigenvalue weighted by atomic mass is 10.2. The summed E-state index contributed by atoms with van der Waals surface area (Å²) < 4.78 is 80.6. The Kier molecular flexibility index (Phi) is 9.89. The number of anilines is 2. The number of aromatic nitrogens is 8. The van der Waals surface area contributed by atoms with E-state index in [2.05, 4.69) is 40.8 Å². The molecule has 18 heteroatoms. The van der Waals surface area contributed by atoms with Crippen molar-refractivity contribution in [3.05, 3.63) is 131 Å². The van der Waals surface area contributed by atoms with E-state index in [0.29, 0.717) is 39.6 Å². The van der Waals surface area contributed by atoms with Gasteiger partial charge in [0.05, 0.1) is 34.9 Å². The summed E-state index contributed by atoms with van der Waals surface area (Å²) in [4.78, 5) is 40.7. The van der Waals surface area contributed by atoms with Gasteiger partial charge in [0, 0.05) is 47.5 Å². The first-order valence-electron chi connectivity index (χ1n) is 17.0. The van der Waals surface area contributed by atoms with Gasteiger partial charge in [0.2, 0.25) is 0 Å². The highest BCUT2D eigenvalue weighted by Gasteiger charge is 2.39. The van der Waals surface area contributed by atoms with Crippen LogP contribution in [0.5, 0.6) is 0 Å². The smallest absolute Gasteiger partial charge is 0.321 e. The molecule has 6 heterocycles. The van der Waals surface area contributed by atoms with Crippen LogP contribution in [0.3, 0.4) is 0 Å². The summed E-state index contributed by atoms with van der Waals surface area (Å²) in [6, 6.07) is 15.0. The third kappa shape index (κ3) is 8.69. The molecule has 0 saturated heterocycles. The van der Waals surface area contributed by atoms with E-state index < -0.39 is 23.7 Å². The van der Waals surface area contributed by atoms with Crippen LogP contribution in [-0.4, -0.2) is 51.3 Å². The fraction of sp³-hybridized carbons (Fsp3) is 0.243. The average molecular weight is 761 g/mol. The topological polar surface area (TPSA) is 145 Å². The highest BCUT2D eigenvalue weighted by molar-refractivity contribution is 6.05. The fourth-order valence-corrected chi connectivity index (χ4v) is 5.57. The number of aryl methyl sites for hydroxylation is 1. The second kappa shape index (κ2) is 14.8. The van der Waals surface area contributed by atoms with Gasteiger partial charge in [-0.15, -0.1) is 0 Å². The Morgan fingerprint density at radius 3 is 1.58 bits per heavy atom. The fourth-order valence-electron chi connectivity index (χ4n) is 5.57. The number of carbonyl (C=O) groups excluding carboxylic acids is 2. The highest BCUT2D eigenvalue weighted by atomic mass is 19.4. The minimum Gasteiger partial charge on any atom is -0.321 e. The molecule has 2 saturated carbocycles. The van der Waals surface area contributed by atoms with Gasteiger partial charge >= 0.3 is 12.4 Å². The normalized spacial score (nSPS) is 14.2. The molecule has 0 aromatic carbocycles. The number of hydrogen-bond donors (Lipinski definition) is 2. The third-order valence-electron chi connectivity index (χ3n) is 8.67. The van der Waals surface area contributed by atoms with E-state index in [0.717, 1.165) is 37.8 Å². The van der Waals surface area contributed by atoms with Gasteiger partial charge < -0.3 is 10.6 Å². The zero-order valence-corrected chi connectivity index (χ0v) is 28.8. The molecule has 0 atom stereocenters. The van der Waals surface area contributed by atoms with E-state index in [1.165, 1.54) is 40.1 Å². The van der Waals surface area contributed by atoms with E-state index in [9.17, 15) is 35.9 Å². The minimum atomic E-state index is -4.51. The Hall–Kier alpha value is -6.46. The highest BCUT2D eigenvalue weighted by Crippen LogP contribution is 2.44. The summed E-state index contributed by atoms with van der Waals surface area (Å²) in [5.41, 5.74) is 1.40. The molecule has 0 spiro atoms. The Bertz CT molecular complexity index is 2310. The maximum absolute atomic E-state index is 13.0. The largest absolute Gasteiger partial charge is 0.435 e. The average Bonchev–Trinajstić information content (AvgIpc) is 4.10. The van der Waals surface area contributed by atoms with Crippen molar-refractivity contribution in [2.24, 2.45) is 0 Å². The molecule has 282 valence electrons. The number of nitrogens with zero attached hydrogens (tertiary/aromatic N) is 8. The minimum absolute atomic E-state index is 0.0679. The molecule has 0 radical (unpaired) electrons. The van der Waals surface area contributed by atoms with Crippen molar-refractivity contribution in [1.82, 2.24) is 39.5 Å². The standard InChI is InChI=1S/C19H16F3N5O.C18H14F3N5O/c1-11-14(3-2-8-23-11)18(28)25-13-6-7-17(24-10-13)27-15(12-4-5-12)9-16(26-27)19(20,21)22;19-18(20,21)15-8-14(11-3-4-11)26(25-15)16-6-5-13(10-23-16)24-17(27)12-2-1-7-22-9-12/h2-3,6-10,12H,4-5H2,1H3,(H,25,28);1-2,5-11H,3-4H2,(H,24,27). The second-order valence-electron chi connectivity index (χ2n) is 12.9. The number of alkyl halides is 6. The summed E-state index contributed by atoms with van der Waals surface area (Å²) in [6.45, 7) is 1.73. The van der Waals surface area contributed by atoms with Crippen molar-refractivity contribution >= 4 is 23.2 Å². The monoisotopic (exact) mass is 760 g/mol. The Morgan fingerprint density at radius 1 is 0.655 bits per heavy atom. The van der Waals surface area contributed by atoms with Crippen LogP contribution in [0.15, 0.2) is 91.6 Å². The number of hydrogen-bond acceptors (Lipinski definition) is 8. The Morgan fingerprint density at radius 2 is 1.16 bits per heavy atom. The number of carbonyl (C=O) groups is 2. The van der Waals surface area contributed by atoms with Crippen LogP contribution >= 0.6 is 0 Å². The molecule has 2 aliphatic carbocycles. The third-order valence-corrected chi connectivity index (χ3v) is 8.67. The zero-order chi connectivity index (χ0) is 38.9. The predicted molar refractivity (Wildman–Crippen MR) is 186 cm³/mol.